The van der Waals surface area contributed by atoms with Crippen LogP contribution in [0.3, 0.4) is 0 Å². The lowest BCUT2D eigenvalue weighted by Gasteiger charge is -2.05. The van der Waals surface area contributed by atoms with Crippen molar-refractivity contribution < 1.29 is 4.79 Å². The molecule has 0 atom stereocenters. The van der Waals surface area contributed by atoms with Gasteiger partial charge in [0.2, 0.25) is 0 Å². The van der Waals surface area contributed by atoms with Gasteiger partial charge < -0.3 is 10.6 Å². The highest BCUT2D eigenvalue weighted by atomic mass is 32.1. The minimum Gasteiger partial charge on any atom is -0.370 e. The molecular weight excluding hydrogens is 260 g/mol. The SMILES string of the molecule is CCNc1cccc(C(=O)NCc2cnc(C)s2)n1. The predicted octanol–water partition coefficient (Wildman–Crippen LogP) is 2.21. The van der Waals surface area contributed by atoms with Crippen LogP contribution in [-0.2, 0) is 6.54 Å². The van der Waals surface area contributed by atoms with Crippen molar-refractivity contribution in [3.05, 3.63) is 40.0 Å². The Morgan fingerprint density at radius 3 is 2.95 bits per heavy atom. The molecule has 0 spiro atoms. The number of thiazole rings is 1. The van der Waals surface area contributed by atoms with Gasteiger partial charge in [0.25, 0.3) is 5.91 Å². The highest BCUT2D eigenvalue weighted by Gasteiger charge is 2.08. The van der Waals surface area contributed by atoms with Gasteiger partial charge in [-0.1, -0.05) is 6.07 Å². The van der Waals surface area contributed by atoms with E-state index in [9.17, 15) is 4.79 Å². The van der Waals surface area contributed by atoms with Gasteiger partial charge in [-0.05, 0) is 26.0 Å². The Labute approximate surface area is 116 Å². The van der Waals surface area contributed by atoms with Gasteiger partial charge in [0.05, 0.1) is 11.6 Å². The average molecular weight is 276 g/mol. The van der Waals surface area contributed by atoms with Crippen LogP contribution in [0.2, 0.25) is 0 Å². The third kappa shape index (κ3) is 3.75. The van der Waals surface area contributed by atoms with Crippen LogP contribution in [0.1, 0.15) is 27.3 Å². The van der Waals surface area contributed by atoms with Crippen molar-refractivity contribution in [1.29, 1.82) is 0 Å². The average Bonchev–Trinajstić information content (AvgIpc) is 2.82. The lowest BCUT2D eigenvalue weighted by atomic mass is 10.3. The molecule has 2 aromatic heterocycles. The van der Waals surface area contributed by atoms with Crippen LogP contribution in [0.5, 0.6) is 0 Å². The van der Waals surface area contributed by atoms with Crippen molar-refractivity contribution in [2.45, 2.75) is 20.4 Å². The van der Waals surface area contributed by atoms with Crippen LogP contribution in [-0.4, -0.2) is 22.4 Å². The number of aryl methyl sites for hydroxylation is 1. The van der Waals surface area contributed by atoms with Crippen molar-refractivity contribution in [2.24, 2.45) is 0 Å². The molecule has 2 N–H and O–H groups in total. The lowest BCUT2D eigenvalue weighted by molar-refractivity contribution is 0.0946. The first-order valence-electron chi connectivity index (χ1n) is 6.09. The Balaban J connectivity index is 1.97. The molecule has 1 amide bonds. The van der Waals surface area contributed by atoms with E-state index in [1.165, 1.54) is 0 Å². The molecule has 0 aromatic carbocycles. The topological polar surface area (TPSA) is 66.9 Å². The molecule has 0 fully saturated rings. The molecule has 19 heavy (non-hydrogen) atoms. The van der Waals surface area contributed by atoms with Gasteiger partial charge in [-0.15, -0.1) is 11.3 Å². The summed E-state index contributed by atoms with van der Waals surface area (Å²) in [6, 6.07) is 5.36. The zero-order valence-electron chi connectivity index (χ0n) is 10.9. The molecule has 2 aromatic rings. The quantitative estimate of drug-likeness (QED) is 0.878. The summed E-state index contributed by atoms with van der Waals surface area (Å²) in [5.74, 6) is 0.537. The number of rotatable bonds is 5. The largest absolute Gasteiger partial charge is 0.370 e. The minimum atomic E-state index is -0.175. The molecule has 0 saturated carbocycles. The van der Waals surface area contributed by atoms with Gasteiger partial charge in [0, 0.05) is 17.6 Å². The number of aromatic nitrogens is 2. The Bertz CT molecular complexity index is 567. The number of hydrogen-bond donors (Lipinski definition) is 2. The standard InChI is InChI=1S/C13H16N4OS/c1-3-14-12-6-4-5-11(17-12)13(18)16-8-10-7-15-9(2)19-10/h4-7H,3,8H2,1-2H3,(H,14,17)(H,16,18). The van der Waals surface area contributed by atoms with Gasteiger partial charge in [-0.3, -0.25) is 4.79 Å². The van der Waals surface area contributed by atoms with Gasteiger partial charge >= 0.3 is 0 Å². The maximum atomic E-state index is 12.0. The maximum absolute atomic E-state index is 12.0. The second-order valence-electron chi connectivity index (χ2n) is 3.97. The Morgan fingerprint density at radius 2 is 2.26 bits per heavy atom. The van der Waals surface area contributed by atoms with E-state index in [0.717, 1.165) is 16.4 Å². The molecule has 100 valence electrons. The minimum absolute atomic E-state index is 0.175. The first-order chi connectivity index (χ1) is 9.19. The summed E-state index contributed by atoms with van der Waals surface area (Å²) < 4.78 is 0. The van der Waals surface area contributed by atoms with Gasteiger partial charge in [-0.2, -0.15) is 0 Å². The molecule has 0 radical (unpaired) electrons. The smallest absolute Gasteiger partial charge is 0.270 e. The summed E-state index contributed by atoms with van der Waals surface area (Å²) in [5, 5.41) is 6.92. The van der Waals surface area contributed by atoms with E-state index in [2.05, 4.69) is 20.6 Å². The normalized spacial score (nSPS) is 10.2. The molecule has 2 rings (SSSR count). The zero-order valence-corrected chi connectivity index (χ0v) is 11.8. The number of nitrogens with zero attached hydrogens (tertiary/aromatic N) is 2. The molecule has 0 aliphatic rings. The highest BCUT2D eigenvalue weighted by molar-refractivity contribution is 7.11. The fourth-order valence-electron chi connectivity index (χ4n) is 1.59. The van der Waals surface area contributed by atoms with Crippen LogP contribution >= 0.6 is 11.3 Å². The maximum Gasteiger partial charge on any atom is 0.270 e. The molecule has 6 heteroatoms. The van der Waals surface area contributed by atoms with Crippen molar-refractivity contribution in [2.75, 3.05) is 11.9 Å². The molecule has 0 aliphatic heterocycles. The van der Waals surface area contributed by atoms with Gasteiger partial charge in [0.15, 0.2) is 0 Å². The van der Waals surface area contributed by atoms with Crippen LogP contribution in [0.15, 0.2) is 24.4 Å². The summed E-state index contributed by atoms with van der Waals surface area (Å²) >= 11 is 1.58. The number of carbonyl (C=O) groups excluding carboxylic acids is 1. The van der Waals surface area contributed by atoms with E-state index in [0.29, 0.717) is 18.1 Å². The number of nitrogens with one attached hydrogen (secondary N) is 2. The molecule has 5 nitrogen and oxygen atoms in total. The van der Waals surface area contributed by atoms with Crippen LogP contribution in [0.4, 0.5) is 5.82 Å². The summed E-state index contributed by atoms with van der Waals surface area (Å²) in [6.07, 6.45) is 1.78. The summed E-state index contributed by atoms with van der Waals surface area (Å²) in [4.78, 5) is 21.4. The molecule has 2 heterocycles. The Hall–Kier alpha value is -1.95. The molecule has 0 unspecified atom stereocenters. The molecule has 0 aliphatic carbocycles. The number of amides is 1. The fraction of sp³-hybridized carbons (Fsp3) is 0.308. The number of hydrogen-bond acceptors (Lipinski definition) is 5. The van der Waals surface area contributed by atoms with Gasteiger partial charge in [-0.25, -0.2) is 9.97 Å². The molecule has 0 saturated heterocycles. The van der Waals surface area contributed by atoms with Crippen molar-refractivity contribution in [3.8, 4) is 0 Å². The number of anilines is 1. The Kier molecular flexibility index (Phi) is 4.46. The van der Waals surface area contributed by atoms with Crippen LogP contribution < -0.4 is 10.6 Å². The van der Waals surface area contributed by atoms with Crippen LogP contribution in [0.25, 0.3) is 0 Å². The highest BCUT2D eigenvalue weighted by Crippen LogP contribution is 2.11. The van der Waals surface area contributed by atoms with Crippen molar-refractivity contribution in [3.63, 3.8) is 0 Å². The van der Waals surface area contributed by atoms with Crippen molar-refractivity contribution >= 4 is 23.1 Å². The molecular formula is C13H16N4OS. The van der Waals surface area contributed by atoms with E-state index in [4.69, 9.17) is 0 Å². The summed E-state index contributed by atoms with van der Waals surface area (Å²) in [6.45, 7) is 5.19. The van der Waals surface area contributed by atoms with E-state index in [1.54, 1.807) is 23.6 Å². The monoisotopic (exact) mass is 276 g/mol. The first-order valence-corrected chi connectivity index (χ1v) is 6.91. The van der Waals surface area contributed by atoms with E-state index >= 15 is 0 Å². The third-order valence-corrected chi connectivity index (χ3v) is 3.34. The Morgan fingerprint density at radius 1 is 1.42 bits per heavy atom. The zero-order chi connectivity index (χ0) is 13.7. The van der Waals surface area contributed by atoms with Gasteiger partial charge in [0.1, 0.15) is 11.5 Å². The number of carbonyl (C=O) groups is 1. The van der Waals surface area contributed by atoms with E-state index in [-0.39, 0.29) is 5.91 Å². The predicted molar refractivity (Wildman–Crippen MR) is 76.4 cm³/mol. The molecule has 0 bridgehead atoms. The third-order valence-electron chi connectivity index (χ3n) is 2.43. The second-order valence-corrected chi connectivity index (χ2v) is 5.29. The van der Waals surface area contributed by atoms with Crippen molar-refractivity contribution in [1.82, 2.24) is 15.3 Å². The summed E-state index contributed by atoms with van der Waals surface area (Å²) in [5.41, 5.74) is 0.416. The number of pyridine rings is 1. The second kappa shape index (κ2) is 6.29. The first kappa shape index (κ1) is 13.5. The van der Waals surface area contributed by atoms with E-state index in [1.807, 2.05) is 26.0 Å². The summed E-state index contributed by atoms with van der Waals surface area (Å²) in [7, 11) is 0. The fourth-order valence-corrected chi connectivity index (χ4v) is 2.32. The van der Waals surface area contributed by atoms with Crippen LogP contribution in [0, 0.1) is 6.92 Å². The van der Waals surface area contributed by atoms with E-state index < -0.39 is 0 Å². The lowest BCUT2D eigenvalue weighted by Crippen LogP contribution is -2.23.